The van der Waals surface area contributed by atoms with Crippen molar-refractivity contribution in [2.45, 2.75) is 19.8 Å². The van der Waals surface area contributed by atoms with Gasteiger partial charge in [-0.05, 0) is 18.6 Å². The first-order valence-electron chi connectivity index (χ1n) is 6.00. The molecule has 0 saturated heterocycles. The largest absolute Gasteiger partial charge is 0.466 e. The normalized spacial score (nSPS) is 10.6. The van der Waals surface area contributed by atoms with Crippen LogP contribution in [0.1, 0.15) is 24.2 Å². The molecule has 20 heavy (non-hydrogen) atoms. The van der Waals surface area contributed by atoms with E-state index >= 15 is 0 Å². The van der Waals surface area contributed by atoms with Crippen molar-refractivity contribution in [2.75, 3.05) is 6.61 Å². The maximum atomic E-state index is 13.7. The molecule has 0 aliphatic rings. The zero-order valence-electron chi connectivity index (χ0n) is 10.7. The molecule has 1 heterocycles. The summed E-state index contributed by atoms with van der Waals surface area (Å²) < 4.78 is 23.4. The summed E-state index contributed by atoms with van der Waals surface area (Å²) in [4.78, 5) is 15.3. The fourth-order valence-electron chi connectivity index (χ4n) is 1.62. The van der Waals surface area contributed by atoms with E-state index in [-0.39, 0.29) is 36.2 Å². The third-order valence-corrected chi connectivity index (χ3v) is 2.78. The van der Waals surface area contributed by atoms with Gasteiger partial charge < -0.3 is 9.26 Å². The molecule has 0 atom stereocenters. The number of ether oxygens (including phenoxy) is 1. The molecule has 0 fully saturated rings. The second-order valence-corrected chi connectivity index (χ2v) is 4.38. The van der Waals surface area contributed by atoms with Gasteiger partial charge in [-0.2, -0.15) is 4.98 Å². The Kier molecular flexibility index (Phi) is 4.68. The van der Waals surface area contributed by atoms with Crippen molar-refractivity contribution in [3.8, 4) is 0 Å². The Hall–Kier alpha value is -1.95. The lowest BCUT2D eigenvalue weighted by Crippen LogP contribution is -2.07. The van der Waals surface area contributed by atoms with Gasteiger partial charge in [0.05, 0.1) is 11.6 Å². The molecule has 2 aromatic rings. The summed E-state index contributed by atoms with van der Waals surface area (Å²) in [5.41, 5.74) is 0.362. The summed E-state index contributed by atoms with van der Waals surface area (Å²) in [6, 6.07) is 4.69. The zero-order chi connectivity index (χ0) is 14.5. The van der Waals surface area contributed by atoms with Crippen molar-refractivity contribution in [2.24, 2.45) is 0 Å². The average molecular weight is 299 g/mol. The van der Waals surface area contributed by atoms with Gasteiger partial charge in [0.15, 0.2) is 5.82 Å². The minimum Gasteiger partial charge on any atom is -0.466 e. The van der Waals surface area contributed by atoms with E-state index in [1.165, 1.54) is 6.07 Å². The van der Waals surface area contributed by atoms with Crippen molar-refractivity contribution in [3.63, 3.8) is 0 Å². The summed E-state index contributed by atoms with van der Waals surface area (Å²) >= 11 is 5.69. The van der Waals surface area contributed by atoms with E-state index in [1.54, 1.807) is 19.1 Å². The number of nitrogens with zero attached hydrogens (tertiary/aromatic N) is 2. The van der Waals surface area contributed by atoms with E-state index in [4.69, 9.17) is 20.9 Å². The number of halogens is 2. The number of hydrogen-bond acceptors (Lipinski definition) is 5. The third kappa shape index (κ3) is 3.54. The predicted octanol–water partition coefficient (Wildman–Crippen LogP) is 2.56. The fourth-order valence-corrected chi connectivity index (χ4v) is 1.82. The number of carbonyl (C=O) groups excluding carboxylic acids is 1. The van der Waals surface area contributed by atoms with Crippen molar-refractivity contribution >= 4 is 17.6 Å². The molecular weight excluding hydrogens is 287 g/mol. The summed E-state index contributed by atoms with van der Waals surface area (Å²) in [6.07, 6.45) is 0.0393. The highest BCUT2D eigenvalue weighted by molar-refractivity contribution is 6.30. The van der Waals surface area contributed by atoms with Crippen LogP contribution in [0.3, 0.4) is 0 Å². The number of carbonyl (C=O) groups is 1. The lowest BCUT2D eigenvalue weighted by molar-refractivity contribution is -0.142. The van der Waals surface area contributed by atoms with Crippen LogP contribution in [0, 0.1) is 5.82 Å². The van der Waals surface area contributed by atoms with Crippen LogP contribution >= 0.6 is 11.6 Å². The van der Waals surface area contributed by atoms with Crippen LogP contribution in [0.4, 0.5) is 4.39 Å². The molecular formula is C13H12ClFN2O3. The quantitative estimate of drug-likeness (QED) is 0.794. The summed E-state index contributed by atoms with van der Waals surface area (Å²) in [7, 11) is 0. The predicted molar refractivity (Wildman–Crippen MR) is 68.9 cm³/mol. The standard InChI is InChI=1S/C13H12ClFN2O3/c1-2-19-12(18)7-11-16-10(17-20-11)6-8-4-3-5-9(14)13(8)15/h3-5H,2,6-7H2,1H3. The van der Waals surface area contributed by atoms with Gasteiger partial charge in [0.2, 0.25) is 5.89 Å². The van der Waals surface area contributed by atoms with Crippen molar-refractivity contribution < 1.29 is 18.4 Å². The van der Waals surface area contributed by atoms with E-state index in [9.17, 15) is 9.18 Å². The molecule has 2 rings (SSSR count). The number of esters is 1. The van der Waals surface area contributed by atoms with Gasteiger partial charge in [-0.1, -0.05) is 28.9 Å². The molecule has 0 aliphatic heterocycles. The molecule has 0 bridgehead atoms. The Balaban J connectivity index is 2.06. The summed E-state index contributed by atoms with van der Waals surface area (Å²) in [5, 5.41) is 3.73. The van der Waals surface area contributed by atoms with Crippen LogP contribution in [-0.4, -0.2) is 22.7 Å². The van der Waals surface area contributed by atoms with E-state index in [0.29, 0.717) is 5.56 Å². The minimum absolute atomic E-state index is 0.0396. The molecule has 0 radical (unpaired) electrons. The number of aromatic nitrogens is 2. The van der Waals surface area contributed by atoms with Crippen LogP contribution in [0.2, 0.25) is 5.02 Å². The first kappa shape index (κ1) is 14.5. The van der Waals surface area contributed by atoms with E-state index < -0.39 is 11.8 Å². The lowest BCUT2D eigenvalue weighted by atomic mass is 10.1. The second kappa shape index (κ2) is 6.47. The highest BCUT2D eigenvalue weighted by Gasteiger charge is 2.14. The molecule has 0 spiro atoms. The van der Waals surface area contributed by atoms with Gasteiger partial charge in [-0.3, -0.25) is 4.79 Å². The Morgan fingerprint density at radius 3 is 3.05 bits per heavy atom. The van der Waals surface area contributed by atoms with Crippen molar-refractivity contribution in [3.05, 3.63) is 46.3 Å². The SMILES string of the molecule is CCOC(=O)Cc1nc(Cc2cccc(Cl)c2F)no1. The number of hydrogen-bond donors (Lipinski definition) is 0. The van der Waals surface area contributed by atoms with E-state index in [2.05, 4.69) is 10.1 Å². The molecule has 0 unspecified atom stereocenters. The Morgan fingerprint density at radius 2 is 2.30 bits per heavy atom. The average Bonchev–Trinajstić information content (AvgIpc) is 2.82. The maximum absolute atomic E-state index is 13.7. The fraction of sp³-hybridized carbons (Fsp3) is 0.308. The first-order chi connectivity index (χ1) is 9.60. The van der Waals surface area contributed by atoms with Crippen LogP contribution < -0.4 is 0 Å². The molecule has 1 aromatic carbocycles. The third-order valence-electron chi connectivity index (χ3n) is 2.49. The van der Waals surface area contributed by atoms with Gasteiger partial charge in [0.25, 0.3) is 0 Å². The monoisotopic (exact) mass is 298 g/mol. The molecule has 0 aliphatic carbocycles. The molecule has 1 aromatic heterocycles. The maximum Gasteiger partial charge on any atom is 0.315 e. The van der Waals surface area contributed by atoms with E-state index in [0.717, 1.165) is 0 Å². The Morgan fingerprint density at radius 1 is 1.50 bits per heavy atom. The van der Waals surface area contributed by atoms with Gasteiger partial charge >= 0.3 is 5.97 Å². The smallest absolute Gasteiger partial charge is 0.315 e. The summed E-state index contributed by atoms with van der Waals surface area (Å²) in [5.74, 6) is -0.533. The highest BCUT2D eigenvalue weighted by Crippen LogP contribution is 2.19. The zero-order valence-corrected chi connectivity index (χ0v) is 11.5. The molecule has 106 valence electrons. The second-order valence-electron chi connectivity index (χ2n) is 3.98. The molecule has 5 nitrogen and oxygen atoms in total. The molecule has 0 amide bonds. The van der Waals surface area contributed by atoms with Gasteiger partial charge in [-0.25, -0.2) is 4.39 Å². The van der Waals surface area contributed by atoms with E-state index in [1.807, 2.05) is 0 Å². The minimum atomic E-state index is -0.508. The highest BCUT2D eigenvalue weighted by atomic mass is 35.5. The first-order valence-corrected chi connectivity index (χ1v) is 6.38. The molecule has 0 N–H and O–H groups in total. The Bertz CT molecular complexity index is 615. The van der Waals surface area contributed by atoms with Crippen LogP contribution in [0.15, 0.2) is 22.7 Å². The molecule has 7 heteroatoms. The van der Waals surface area contributed by atoms with Gasteiger partial charge in [-0.15, -0.1) is 0 Å². The van der Waals surface area contributed by atoms with Gasteiger partial charge in [0, 0.05) is 6.42 Å². The topological polar surface area (TPSA) is 65.2 Å². The molecule has 0 saturated carbocycles. The van der Waals surface area contributed by atoms with Crippen molar-refractivity contribution in [1.29, 1.82) is 0 Å². The van der Waals surface area contributed by atoms with Gasteiger partial charge in [0.1, 0.15) is 12.2 Å². The lowest BCUT2D eigenvalue weighted by Gasteiger charge is -2.00. The van der Waals surface area contributed by atoms with Crippen LogP contribution in [-0.2, 0) is 22.4 Å². The van der Waals surface area contributed by atoms with Crippen LogP contribution in [0.25, 0.3) is 0 Å². The number of rotatable bonds is 5. The Labute approximate surface area is 119 Å². The van der Waals surface area contributed by atoms with Crippen molar-refractivity contribution in [1.82, 2.24) is 10.1 Å². The summed E-state index contributed by atoms with van der Waals surface area (Å²) in [6.45, 7) is 1.99. The van der Waals surface area contributed by atoms with Crippen LogP contribution in [0.5, 0.6) is 0 Å². The number of benzene rings is 1.